The lowest BCUT2D eigenvalue weighted by Crippen LogP contribution is -2.65. The molecule has 0 aliphatic rings. The molecule has 190 valence electrons. The fraction of sp³-hybridized carbons (Fsp3) is 0.323. The number of ketones is 1. The van der Waals surface area contributed by atoms with Crippen LogP contribution in [0.25, 0.3) is 0 Å². The fourth-order valence-corrected chi connectivity index (χ4v) is 8.87. The summed E-state index contributed by atoms with van der Waals surface area (Å²) in [5.74, 6) is 0.0375. The van der Waals surface area contributed by atoms with Gasteiger partial charge in [-0.1, -0.05) is 106 Å². The maximum atomic E-state index is 12.2. The Labute approximate surface area is 230 Å². The van der Waals surface area contributed by atoms with Gasteiger partial charge in [0.25, 0.3) is 8.32 Å². The van der Waals surface area contributed by atoms with Gasteiger partial charge in [-0.3, -0.25) is 4.79 Å². The van der Waals surface area contributed by atoms with Crippen molar-refractivity contribution in [2.45, 2.75) is 63.5 Å². The van der Waals surface area contributed by atoms with Crippen molar-refractivity contribution >= 4 is 47.1 Å². The lowest BCUT2D eigenvalue weighted by molar-refractivity contribution is -0.114. The average molecular weight is 613 g/mol. The molecule has 0 heterocycles. The van der Waals surface area contributed by atoms with Crippen molar-refractivity contribution in [3.63, 3.8) is 0 Å². The molecular formula is C31H37IO3Si. The van der Waals surface area contributed by atoms with Crippen LogP contribution in [0.3, 0.4) is 0 Å². The number of halogens is 1. The van der Waals surface area contributed by atoms with Crippen LogP contribution in [0.4, 0.5) is 0 Å². The zero-order valence-electron chi connectivity index (χ0n) is 21.2. The molecule has 1 unspecified atom stereocenters. The van der Waals surface area contributed by atoms with Gasteiger partial charge < -0.3 is 9.90 Å². The third kappa shape index (κ3) is 7.72. The maximum absolute atomic E-state index is 12.2. The summed E-state index contributed by atoms with van der Waals surface area (Å²) in [5, 5.41) is 12.1. The second-order valence-corrected chi connectivity index (χ2v) is 15.3. The number of unbranched alkanes of at least 4 members (excludes halogenated alkanes) is 1. The molecule has 0 aromatic heterocycles. The van der Waals surface area contributed by atoms with Gasteiger partial charge in [-0.25, -0.2) is 0 Å². The predicted octanol–water partition coefficient (Wildman–Crippen LogP) is 5.80. The van der Waals surface area contributed by atoms with Gasteiger partial charge in [0.15, 0.2) is 5.78 Å². The van der Waals surface area contributed by atoms with Crippen LogP contribution < -0.4 is 10.4 Å². The van der Waals surface area contributed by atoms with Crippen molar-refractivity contribution < 1.29 is 14.7 Å². The first kappa shape index (κ1) is 28.5. The van der Waals surface area contributed by atoms with E-state index in [1.165, 1.54) is 9.65 Å². The first-order valence-corrected chi connectivity index (χ1v) is 15.7. The van der Waals surface area contributed by atoms with Crippen LogP contribution in [0.15, 0.2) is 97.1 Å². The zero-order valence-corrected chi connectivity index (χ0v) is 24.4. The average Bonchev–Trinajstić information content (AvgIpc) is 2.90. The Morgan fingerprint density at radius 1 is 0.917 bits per heavy atom. The number of carbonyl (C=O) groups excluding carboxylic acids is 1. The number of aryl methyl sites for hydroxylation is 1. The molecule has 5 heteroatoms. The summed E-state index contributed by atoms with van der Waals surface area (Å²) in [5.41, 5.74) is 1.15. The van der Waals surface area contributed by atoms with Gasteiger partial charge in [0.2, 0.25) is 0 Å². The molecule has 3 nitrogen and oxygen atoms in total. The van der Waals surface area contributed by atoms with Crippen molar-refractivity contribution in [2.75, 3.05) is 0 Å². The Kier molecular flexibility index (Phi) is 10.7. The number of rotatable bonds is 13. The number of aliphatic hydroxyl groups excluding tert-OH is 1. The van der Waals surface area contributed by atoms with Crippen LogP contribution in [-0.2, 0) is 11.2 Å². The molecule has 1 atom stereocenters. The lowest BCUT2D eigenvalue weighted by atomic mass is 10.0. The number of hydrogen-bond acceptors (Lipinski definition) is 3. The van der Waals surface area contributed by atoms with Crippen LogP contribution >= 0.6 is 22.6 Å². The number of carbonyl (C=O) groups is 1. The third-order valence-electron chi connectivity index (χ3n) is 6.99. The van der Waals surface area contributed by atoms with E-state index in [-0.39, 0.29) is 10.8 Å². The lowest BCUT2D eigenvalue weighted by Gasteiger charge is -2.41. The van der Waals surface area contributed by atoms with Gasteiger partial charge in [-0.2, -0.15) is 0 Å². The van der Waals surface area contributed by atoms with E-state index in [1.807, 2.05) is 72.8 Å². The summed E-state index contributed by atoms with van der Waals surface area (Å²) in [6.45, 7) is 4.34. The second kappa shape index (κ2) is 13.5. The molecule has 0 fully saturated rings. The highest BCUT2D eigenvalue weighted by atomic mass is 127. The van der Waals surface area contributed by atoms with E-state index in [0.717, 1.165) is 35.2 Å². The largest absolute Gasteiger partial charge is 0.424 e. The predicted molar refractivity (Wildman–Crippen MR) is 160 cm³/mol. The van der Waals surface area contributed by atoms with Crippen LogP contribution in [0.5, 0.6) is 0 Å². The zero-order chi connectivity index (χ0) is 26.0. The van der Waals surface area contributed by atoms with Gasteiger partial charge in [0, 0.05) is 9.99 Å². The number of aliphatic hydroxyl groups is 1. The monoisotopic (exact) mass is 612 g/mol. The van der Waals surface area contributed by atoms with Gasteiger partial charge in [0.05, 0.1) is 6.10 Å². The van der Waals surface area contributed by atoms with E-state index in [1.54, 1.807) is 6.08 Å². The van der Waals surface area contributed by atoms with E-state index in [9.17, 15) is 14.7 Å². The summed E-state index contributed by atoms with van der Waals surface area (Å²) < 4.78 is 1.18. The normalized spacial score (nSPS) is 13.1. The van der Waals surface area contributed by atoms with E-state index in [0.29, 0.717) is 19.3 Å². The molecule has 0 aliphatic heterocycles. The molecule has 0 aliphatic carbocycles. The van der Waals surface area contributed by atoms with Crippen molar-refractivity contribution in [1.82, 2.24) is 0 Å². The molecule has 36 heavy (non-hydrogen) atoms. The highest BCUT2D eigenvalue weighted by molar-refractivity contribution is 14.1. The highest BCUT2D eigenvalue weighted by Crippen LogP contribution is 2.40. The minimum absolute atomic E-state index is 0.0375. The molecule has 0 spiro atoms. The molecule has 0 saturated carbocycles. The molecule has 3 aromatic carbocycles. The summed E-state index contributed by atoms with van der Waals surface area (Å²) in [4.78, 5) is 24.4. The van der Waals surface area contributed by atoms with Crippen molar-refractivity contribution in [1.29, 1.82) is 0 Å². The number of benzene rings is 3. The van der Waals surface area contributed by atoms with Crippen LogP contribution in [0, 0.1) is 3.57 Å². The van der Waals surface area contributed by atoms with Gasteiger partial charge >= 0.3 is 0 Å². The molecule has 2 N–H and O–H groups in total. The topological polar surface area (TPSA) is 57.5 Å². The van der Waals surface area contributed by atoms with Crippen LogP contribution in [0.2, 0.25) is 5.04 Å². The first-order chi connectivity index (χ1) is 17.2. The summed E-state index contributed by atoms with van der Waals surface area (Å²) in [7, 11) is -3.00. The Morgan fingerprint density at radius 3 is 2.03 bits per heavy atom. The molecule has 3 aromatic rings. The Hall–Kier alpha value is -2.06. The van der Waals surface area contributed by atoms with Gasteiger partial charge in [-0.15, -0.1) is 0 Å². The van der Waals surface area contributed by atoms with Crippen molar-refractivity contribution in [3.05, 3.63) is 106 Å². The number of allylic oxidation sites excluding steroid dienone is 1. The van der Waals surface area contributed by atoms with E-state index >= 15 is 0 Å². The molecule has 3 rings (SSSR count). The second-order valence-electron chi connectivity index (χ2n) is 10.1. The van der Waals surface area contributed by atoms with Gasteiger partial charge in [-0.05, 0) is 81.0 Å². The minimum Gasteiger partial charge on any atom is -0.424 e. The summed E-state index contributed by atoms with van der Waals surface area (Å²) >= 11 is 2.27. The summed E-state index contributed by atoms with van der Waals surface area (Å²) in [6, 6.07) is 28.3. The molecule has 0 bridgehead atoms. The Balaban J connectivity index is 1.51. The highest BCUT2D eigenvalue weighted by Gasteiger charge is 2.49. The van der Waals surface area contributed by atoms with Crippen LogP contribution in [0.1, 0.15) is 51.5 Å². The van der Waals surface area contributed by atoms with E-state index in [4.69, 9.17) is 0 Å². The van der Waals surface area contributed by atoms with E-state index in [2.05, 4.69) is 48.6 Å². The Bertz CT molecular complexity index is 1070. The standard InChI is InChI=1S/C31H37IO3Si/c1-31(2,36(35,29-12-5-3-6-13-29)30-14-7-4-8-15-30)24-10-9-11-27(33)22-23-28(34)21-18-25-16-19-26(32)20-17-25/h3-8,12-17,19-20,22-23,27,33,35H,9-11,18,21,24H2,1-2H3/b23-22+. The number of hydrogen-bond donors (Lipinski definition) is 2. The summed E-state index contributed by atoms with van der Waals surface area (Å²) in [6.07, 6.45) is 6.86. The Morgan fingerprint density at radius 2 is 1.47 bits per heavy atom. The maximum Gasteiger partial charge on any atom is 0.258 e. The van der Waals surface area contributed by atoms with Gasteiger partial charge in [0.1, 0.15) is 0 Å². The first-order valence-electron chi connectivity index (χ1n) is 12.7. The van der Waals surface area contributed by atoms with Crippen LogP contribution in [-0.4, -0.2) is 30.1 Å². The molecular weight excluding hydrogens is 575 g/mol. The minimum atomic E-state index is -3.00. The smallest absolute Gasteiger partial charge is 0.258 e. The molecule has 0 saturated heterocycles. The van der Waals surface area contributed by atoms with E-state index < -0.39 is 14.4 Å². The molecule has 0 amide bonds. The SMILES string of the molecule is CC(C)(CCCCC(O)/C=C/C(=O)CCc1ccc(I)cc1)[Si](O)(c1ccccc1)c1ccccc1. The quantitative estimate of drug-likeness (QED) is 0.111. The van der Waals surface area contributed by atoms with Crippen molar-refractivity contribution in [2.24, 2.45) is 0 Å². The van der Waals surface area contributed by atoms with Crippen molar-refractivity contribution in [3.8, 4) is 0 Å². The fourth-order valence-electron chi connectivity index (χ4n) is 4.72. The third-order valence-corrected chi connectivity index (χ3v) is 12.3. The molecule has 0 radical (unpaired) electrons.